The zero-order valence-electron chi connectivity index (χ0n) is 15.4. The van der Waals surface area contributed by atoms with Gasteiger partial charge in [-0.25, -0.2) is 4.39 Å². The number of nitrogens with one attached hydrogen (secondary N) is 2. The molecular weight excluding hydrogens is 373 g/mol. The molecule has 0 atom stereocenters. The number of hydrogen-bond donors (Lipinski definition) is 2. The van der Waals surface area contributed by atoms with Gasteiger partial charge in [-0.15, -0.1) is 0 Å². The van der Waals surface area contributed by atoms with E-state index in [1.54, 1.807) is 24.4 Å². The molecule has 0 spiro atoms. The standard InChI is InChI=1S/C22H20FN3OS/c1-2-3-15-4-5-18(13-20(15)23)25-22(27)17-9-11-26(14-17)28-19-6-7-21-16(12-19)8-10-24-21/h4-14,24H,2-3H2,1H3,(H,25,27). The minimum Gasteiger partial charge on any atom is -0.361 e. The van der Waals surface area contributed by atoms with Gasteiger partial charge in [-0.2, -0.15) is 0 Å². The first kappa shape index (κ1) is 18.4. The first-order valence-electron chi connectivity index (χ1n) is 9.15. The van der Waals surface area contributed by atoms with Crippen molar-refractivity contribution in [2.75, 3.05) is 5.32 Å². The molecule has 6 heteroatoms. The summed E-state index contributed by atoms with van der Waals surface area (Å²) < 4.78 is 15.9. The summed E-state index contributed by atoms with van der Waals surface area (Å²) >= 11 is 1.52. The van der Waals surface area contributed by atoms with E-state index >= 15 is 0 Å². The molecule has 0 aliphatic carbocycles. The maximum atomic E-state index is 14.1. The molecule has 2 heterocycles. The average Bonchev–Trinajstić information content (AvgIpc) is 3.33. The van der Waals surface area contributed by atoms with Crippen molar-refractivity contribution in [2.24, 2.45) is 0 Å². The molecule has 2 N–H and O–H groups in total. The number of rotatable bonds is 6. The van der Waals surface area contributed by atoms with E-state index in [4.69, 9.17) is 0 Å². The van der Waals surface area contributed by atoms with Gasteiger partial charge < -0.3 is 10.3 Å². The Morgan fingerprint density at radius 1 is 1.18 bits per heavy atom. The predicted octanol–water partition coefficient (Wildman–Crippen LogP) is 5.87. The lowest BCUT2D eigenvalue weighted by Gasteiger charge is -2.07. The van der Waals surface area contributed by atoms with Crippen LogP contribution in [0.15, 0.2) is 72.0 Å². The van der Waals surface area contributed by atoms with Gasteiger partial charge in [0, 0.05) is 40.1 Å². The van der Waals surface area contributed by atoms with Gasteiger partial charge in [-0.3, -0.25) is 8.77 Å². The van der Waals surface area contributed by atoms with Crippen molar-refractivity contribution in [3.05, 3.63) is 84.1 Å². The lowest BCUT2D eigenvalue weighted by atomic mass is 10.1. The molecular formula is C22H20FN3OS. The second kappa shape index (κ2) is 7.94. The third-order valence-corrected chi connectivity index (χ3v) is 5.40. The van der Waals surface area contributed by atoms with Crippen molar-refractivity contribution < 1.29 is 9.18 Å². The summed E-state index contributed by atoms with van der Waals surface area (Å²) in [5, 5.41) is 3.90. The van der Waals surface area contributed by atoms with E-state index in [2.05, 4.69) is 16.4 Å². The smallest absolute Gasteiger partial charge is 0.257 e. The van der Waals surface area contributed by atoms with Crippen molar-refractivity contribution in [3.8, 4) is 0 Å². The van der Waals surface area contributed by atoms with Crippen LogP contribution < -0.4 is 5.32 Å². The van der Waals surface area contributed by atoms with Crippen molar-refractivity contribution in [3.63, 3.8) is 0 Å². The van der Waals surface area contributed by atoms with Crippen LogP contribution >= 0.6 is 11.9 Å². The summed E-state index contributed by atoms with van der Waals surface area (Å²) in [5.41, 5.74) is 2.74. The summed E-state index contributed by atoms with van der Waals surface area (Å²) in [7, 11) is 0. The molecule has 0 unspecified atom stereocenters. The second-order valence-electron chi connectivity index (χ2n) is 6.59. The number of anilines is 1. The molecule has 1 amide bonds. The maximum Gasteiger partial charge on any atom is 0.257 e. The van der Waals surface area contributed by atoms with Crippen LogP contribution in [0, 0.1) is 5.82 Å². The van der Waals surface area contributed by atoms with Crippen LogP contribution in [-0.2, 0) is 6.42 Å². The predicted molar refractivity (Wildman–Crippen MR) is 112 cm³/mol. The number of H-pyrrole nitrogens is 1. The largest absolute Gasteiger partial charge is 0.361 e. The van der Waals surface area contributed by atoms with Crippen LogP contribution in [0.25, 0.3) is 10.9 Å². The third kappa shape index (κ3) is 3.97. The van der Waals surface area contributed by atoms with Crippen molar-refractivity contribution in [2.45, 2.75) is 24.7 Å². The van der Waals surface area contributed by atoms with Crippen LogP contribution in [0.4, 0.5) is 10.1 Å². The second-order valence-corrected chi connectivity index (χ2v) is 7.66. The Morgan fingerprint density at radius 2 is 2.07 bits per heavy atom. The number of halogens is 1. The normalized spacial score (nSPS) is 11.1. The van der Waals surface area contributed by atoms with Crippen molar-refractivity contribution in [1.82, 2.24) is 8.96 Å². The molecule has 4 nitrogen and oxygen atoms in total. The van der Waals surface area contributed by atoms with Gasteiger partial charge in [0.2, 0.25) is 0 Å². The molecule has 0 bridgehead atoms. The summed E-state index contributed by atoms with van der Waals surface area (Å²) in [6.07, 6.45) is 7.09. The zero-order valence-corrected chi connectivity index (χ0v) is 16.2. The first-order chi connectivity index (χ1) is 13.6. The van der Waals surface area contributed by atoms with Crippen LogP contribution in [0.5, 0.6) is 0 Å². The molecule has 0 fully saturated rings. The number of hydrogen-bond acceptors (Lipinski definition) is 2. The minimum absolute atomic E-state index is 0.261. The lowest BCUT2D eigenvalue weighted by molar-refractivity contribution is 0.102. The fourth-order valence-corrected chi connectivity index (χ4v) is 3.92. The number of fused-ring (bicyclic) bond motifs is 1. The number of amides is 1. The van der Waals surface area contributed by atoms with Gasteiger partial charge in [0.1, 0.15) is 5.82 Å². The number of aromatic amines is 1. The summed E-state index contributed by atoms with van der Waals surface area (Å²) in [4.78, 5) is 16.7. The topological polar surface area (TPSA) is 49.8 Å². The fraction of sp³-hybridized carbons (Fsp3) is 0.136. The van der Waals surface area contributed by atoms with Crippen molar-refractivity contribution >= 4 is 34.4 Å². The van der Waals surface area contributed by atoms with Gasteiger partial charge in [0.25, 0.3) is 5.91 Å². The average molecular weight is 393 g/mol. The molecule has 142 valence electrons. The van der Waals surface area contributed by atoms with E-state index in [0.717, 1.165) is 22.2 Å². The molecule has 0 radical (unpaired) electrons. The molecule has 0 saturated heterocycles. The first-order valence-corrected chi connectivity index (χ1v) is 9.93. The van der Waals surface area contributed by atoms with Gasteiger partial charge in [-0.1, -0.05) is 19.4 Å². The van der Waals surface area contributed by atoms with Gasteiger partial charge in [0.05, 0.1) is 5.56 Å². The summed E-state index contributed by atoms with van der Waals surface area (Å²) in [6, 6.07) is 14.8. The highest BCUT2D eigenvalue weighted by atomic mass is 32.2. The highest BCUT2D eigenvalue weighted by molar-refractivity contribution is 7.97. The molecule has 4 aromatic rings. The highest BCUT2D eigenvalue weighted by Crippen LogP contribution is 2.25. The summed E-state index contributed by atoms with van der Waals surface area (Å²) in [6.45, 7) is 2.01. The number of nitrogens with zero attached hydrogens (tertiary/aromatic N) is 1. The van der Waals surface area contributed by atoms with E-state index < -0.39 is 0 Å². The number of carbonyl (C=O) groups is 1. The molecule has 2 aromatic carbocycles. The van der Waals surface area contributed by atoms with E-state index in [9.17, 15) is 9.18 Å². The fourth-order valence-electron chi connectivity index (χ4n) is 3.08. The van der Waals surface area contributed by atoms with Crippen LogP contribution in [0.3, 0.4) is 0 Å². The molecule has 0 aliphatic rings. The van der Waals surface area contributed by atoms with Gasteiger partial charge in [0.15, 0.2) is 0 Å². The monoisotopic (exact) mass is 393 g/mol. The highest BCUT2D eigenvalue weighted by Gasteiger charge is 2.10. The molecule has 0 aliphatic heterocycles. The van der Waals surface area contributed by atoms with Crippen molar-refractivity contribution in [1.29, 1.82) is 0 Å². The molecule has 28 heavy (non-hydrogen) atoms. The molecule has 2 aromatic heterocycles. The van der Waals surface area contributed by atoms with E-state index in [1.165, 1.54) is 18.0 Å². The Labute approximate surface area is 166 Å². The number of aromatic nitrogens is 2. The van der Waals surface area contributed by atoms with Crippen LogP contribution in [-0.4, -0.2) is 14.9 Å². The SMILES string of the molecule is CCCc1ccc(NC(=O)c2ccn(Sc3ccc4[nH]ccc4c3)c2)cc1F. The number of carbonyl (C=O) groups excluding carboxylic acids is 1. The van der Waals surface area contributed by atoms with Gasteiger partial charge in [-0.05, 0) is 66.4 Å². The van der Waals surface area contributed by atoms with E-state index in [1.807, 2.05) is 41.5 Å². The Kier molecular flexibility index (Phi) is 5.21. The quantitative estimate of drug-likeness (QED) is 0.430. The Balaban J connectivity index is 1.44. The van der Waals surface area contributed by atoms with Gasteiger partial charge >= 0.3 is 0 Å². The third-order valence-electron chi connectivity index (χ3n) is 4.50. The Bertz CT molecular complexity index is 1130. The Hall–Kier alpha value is -2.99. The Morgan fingerprint density at radius 3 is 2.89 bits per heavy atom. The minimum atomic E-state index is -0.284. The molecule has 4 rings (SSSR count). The molecule has 0 saturated carbocycles. The lowest BCUT2D eigenvalue weighted by Crippen LogP contribution is -2.11. The summed E-state index contributed by atoms with van der Waals surface area (Å²) in [5.74, 6) is -0.545. The number of aryl methyl sites for hydroxylation is 1. The number of benzene rings is 2. The van der Waals surface area contributed by atoms with E-state index in [-0.39, 0.29) is 11.7 Å². The van der Waals surface area contributed by atoms with E-state index in [0.29, 0.717) is 23.2 Å². The van der Waals surface area contributed by atoms with Crippen LogP contribution in [0.2, 0.25) is 0 Å². The maximum absolute atomic E-state index is 14.1. The zero-order chi connectivity index (χ0) is 19.5. The van der Waals surface area contributed by atoms with Crippen LogP contribution in [0.1, 0.15) is 29.3 Å².